The SMILES string of the molecule is CCC(C)(C)C(=Cc1ccccc1)CN. The fraction of sp³-hybridized carbons (Fsp3) is 0.429. The molecule has 1 nitrogen and oxygen atoms in total. The molecule has 0 aliphatic rings. The van der Waals surface area contributed by atoms with Crippen LogP contribution in [-0.4, -0.2) is 6.54 Å². The summed E-state index contributed by atoms with van der Waals surface area (Å²) < 4.78 is 0. The lowest BCUT2D eigenvalue weighted by Gasteiger charge is -2.26. The molecule has 0 spiro atoms. The Labute approximate surface area is 93.0 Å². The summed E-state index contributed by atoms with van der Waals surface area (Å²) in [6, 6.07) is 10.4. The Balaban J connectivity index is 2.98. The zero-order chi connectivity index (χ0) is 11.3. The van der Waals surface area contributed by atoms with Crippen LogP contribution in [-0.2, 0) is 0 Å². The topological polar surface area (TPSA) is 26.0 Å². The average Bonchev–Trinajstić information content (AvgIpc) is 2.27. The van der Waals surface area contributed by atoms with Crippen molar-refractivity contribution in [1.82, 2.24) is 0 Å². The van der Waals surface area contributed by atoms with Gasteiger partial charge in [0.25, 0.3) is 0 Å². The Hall–Kier alpha value is -1.08. The van der Waals surface area contributed by atoms with Gasteiger partial charge in [-0.05, 0) is 17.4 Å². The molecule has 1 aromatic rings. The largest absolute Gasteiger partial charge is 0.327 e. The van der Waals surface area contributed by atoms with E-state index in [9.17, 15) is 0 Å². The second-order valence-electron chi connectivity index (χ2n) is 4.52. The van der Waals surface area contributed by atoms with Gasteiger partial charge in [-0.2, -0.15) is 0 Å². The van der Waals surface area contributed by atoms with Crippen LogP contribution in [0.4, 0.5) is 0 Å². The Kier molecular flexibility index (Phi) is 4.10. The van der Waals surface area contributed by atoms with Crippen molar-refractivity contribution >= 4 is 6.08 Å². The summed E-state index contributed by atoms with van der Waals surface area (Å²) in [4.78, 5) is 0. The van der Waals surface area contributed by atoms with E-state index in [4.69, 9.17) is 5.73 Å². The van der Waals surface area contributed by atoms with E-state index in [1.165, 1.54) is 11.1 Å². The van der Waals surface area contributed by atoms with Gasteiger partial charge in [-0.3, -0.25) is 0 Å². The number of hydrogen-bond donors (Lipinski definition) is 1. The van der Waals surface area contributed by atoms with E-state index in [1.807, 2.05) is 6.07 Å². The average molecular weight is 203 g/mol. The molecular formula is C14H21N. The Morgan fingerprint density at radius 1 is 1.27 bits per heavy atom. The molecule has 0 heterocycles. The van der Waals surface area contributed by atoms with Crippen molar-refractivity contribution in [2.75, 3.05) is 6.54 Å². The molecule has 0 saturated carbocycles. The fourth-order valence-electron chi connectivity index (χ4n) is 1.51. The molecule has 0 aliphatic heterocycles. The van der Waals surface area contributed by atoms with Gasteiger partial charge in [-0.1, -0.05) is 62.8 Å². The van der Waals surface area contributed by atoms with E-state index in [0.717, 1.165) is 6.42 Å². The molecule has 1 heteroatoms. The molecule has 0 amide bonds. The predicted octanol–water partition coefficient (Wildman–Crippen LogP) is 3.46. The van der Waals surface area contributed by atoms with Gasteiger partial charge in [0.05, 0.1) is 0 Å². The van der Waals surface area contributed by atoms with Gasteiger partial charge in [-0.15, -0.1) is 0 Å². The molecule has 82 valence electrons. The molecule has 0 fully saturated rings. The van der Waals surface area contributed by atoms with Gasteiger partial charge in [0.2, 0.25) is 0 Å². The van der Waals surface area contributed by atoms with Crippen molar-refractivity contribution < 1.29 is 0 Å². The van der Waals surface area contributed by atoms with E-state index in [2.05, 4.69) is 51.1 Å². The summed E-state index contributed by atoms with van der Waals surface area (Å²) in [6.45, 7) is 7.33. The summed E-state index contributed by atoms with van der Waals surface area (Å²) in [5.74, 6) is 0. The first-order valence-electron chi connectivity index (χ1n) is 5.56. The minimum atomic E-state index is 0.199. The normalized spacial score (nSPS) is 12.9. The molecule has 0 radical (unpaired) electrons. The summed E-state index contributed by atoms with van der Waals surface area (Å²) in [6.07, 6.45) is 3.33. The van der Waals surface area contributed by atoms with Crippen LogP contribution in [0.25, 0.3) is 6.08 Å². The first-order chi connectivity index (χ1) is 7.10. The molecule has 2 N–H and O–H groups in total. The quantitative estimate of drug-likeness (QED) is 0.796. The summed E-state index contributed by atoms with van der Waals surface area (Å²) >= 11 is 0. The van der Waals surface area contributed by atoms with Crippen LogP contribution in [0.2, 0.25) is 0 Å². The minimum Gasteiger partial charge on any atom is -0.327 e. The zero-order valence-corrected chi connectivity index (χ0v) is 9.96. The van der Waals surface area contributed by atoms with E-state index >= 15 is 0 Å². The van der Waals surface area contributed by atoms with Gasteiger partial charge < -0.3 is 5.73 Å². The molecule has 1 aromatic carbocycles. The Bertz CT molecular complexity index is 322. The van der Waals surface area contributed by atoms with Crippen LogP contribution in [0.15, 0.2) is 35.9 Å². The molecule has 0 atom stereocenters. The van der Waals surface area contributed by atoms with Crippen molar-refractivity contribution in [2.45, 2.75) is 27.2 Å². The highest BCUT2D eigenvalue weighted by atomic mass is 14.5. The monoisotopic (exact) mass is 203 g/mol. The van der Waals surface area contributed by atoms with E-state index in [0.29, 0.717) is 6.54 Å². The molecule has 0 unspecified atom stereocenters. The summed E-state index contributed by atoms with van der Waals surface area (Å²) in [5.41, 5.74) is 8.56. The molecule has 0 saturated heterocycles. The van der Waals surface area contributed by atoms with Crippen LogP contribution >= 0.6 is 0 Å². The third kappa shape index (κ3) is 3.21. The second kappa shape index (κ2) is 5.13. The van der Waals surface area contributed by atoms with E-state index in [1.54, 1.807) is 0 Å². The van der Waals surface area contributed by atoms with Crippen molar-refractivity contribution in [2.24, 2.45) is 11.1 Å². The number of benzene rings is 1. The standard InChI is InChI=1S/C14H21N/c1-4-14(2,3)13(11-15)10-12-8-6-5-7-9-12/h5-10H,4,11,15H2,1-3H3. The Morgan fingerprint density at radius 2 is 1.87 bits per heavy atom. The first kappa shape index (κ1) is 12.0. The first-order valence-corrected chi connectivity index (χ1v) is 5.56. The highest BCUT2D eigenvalue weighted by Gasteiger charge is 2.19. The third-order valence-corrected chi connectivity index (χ3v) is 3.11. The lowest BCUT2D eigenvalue weighted by Crippen LogP contribution is -2.20. The smallest absolute Gasteiger partial charge is 0.0145 e. The van der Waals surface area contributed by atoms with Crippen molar-refractivity contribution in [3.8, 4) is 0 Å². The van der Waals surface area contributed by atoms with Crippen molar-refractivity contribution in [1.29, 1.82) is 0 Å². The van der Waals surface area contributed by atoms with Crippen LogP contribution < -0.4 is 5.73 Å². The molecule has 0 bridgehead atoms. The maximum atomic E-state index is 5.81. The minimum absolute atomic E-state index is 0.199. The van der Waals surface area contributed by atoms with Crippen LogP contribution in [0.1, 0.15) is 32.8 Å². The fourth-order valence-corrected chi connectivity index (χ4v) is 1.51. The number of rotatable bonds is 4. The highest BCUT2D eigenvalue weighted by Crippen LogP contribution is 2.30. The number of hydrogen-bond acceptors (Lipinski definition) is 1. The van der Waals surface area contributed by atoms with Gasteiger partial charge in [0.15, 0.2) is 0 Å². The lowest BCUT2D eigenvalue weighted by atomic mass is 9.81. The molecular weight excluding hydrogens is 182 g/mol. The van der Waals surface area contributed by atoms with Crippen molar-refractivity contribution in [3.63, 3.8) is 0 Å². The molecule has 0 aromatic heterocycles. The van der Waals surface area contributed by atoms with Crippen LogP contribution in [0.3, 0.4) is 0 Å². The maximum absolute atomic E-state index is 5.81. The molecule has 0 aliphatic carbocycles. The second-order valence-corrected chi connectivity index (χ2v) is 4.52. The van der Waals surface area contributed by atoms with E-state index in [-0.39, 0.29) is 5.41 Å². The van der Waals surface area contributed by atoms with Gasteiger partial charge in [0.1, 0.15) is 0 Å². The molecule has 15 heavy (non-hydrogen) atoms. The summed E-state index contributed by atoms with van der Waals surface area (Å²) in [7, 11) is 0. The third-order valence-electron chi connectivity index (χ3n) is 3.11. The molecule has 1 rings (SSSR count). The van der Waals surface area contributed by atoms with Gasteiger partial charge >= 0.3 is 0 Å². The number of nitrogens with two attached hydrogens (primary N) is 1. The van der Waals surface area contributed by atoms with Gasteiger partial charge in [-0.25, -0.2) is 0 Å². The lowest BCUT2D eigenvalue weighted by molar-refractivity contribution is 0.426. The predicted molar refractivity (Wildman–Crippen MR) is 67.5 cm³/mol. The van der Waals surface area contributed by atoms with Crippen LogP contribution in [0, 0.1) is 5.41 Å². The highest BCUT2D eigenvalue weighted by molar-refractivity contribution is 5.54. The van der Waals surface area contributed by atoms with Crippen LogP contribution in [0.5, 0.6) is 0 Å². The Morgan fingerprint density at radius 3 is 2.33 bits per heavy atom. The maximum Gasteiger partial charge on any atom is 0.0145 e. The summed E-state index contributed by atoms with van der Waals surface area (Å²) in [5, 5.41) is 0. The zero-order valence-electron chi connectivity index (χ0n) is 9.96. The van der Waals surface area contributed by atoms with E-state index < -0.39 is 0 Å². The van der Waals surface area contributed by atoms with Crippen molar-refractivity contribution in [3.05, 3.63) is 41.5 Å². The van der Waals surface area contributed by atoms with Gasteiger partial charge in [0, 0.05) is 6.54 Å².